The lowest BCUT2D eigenvalue weighted by Crippen LogP contribution is -2.06. The highest BCUT2D eigenvalue weighted by Crippen LogP contribution is 1.98. The van der Waals surface area contributed by atoms with Crippen LogP contribution >= 0.6 is 0 Å². The molecule has 21 heavy (non-hydrogen) atoms. The zero-order valence-electron chi connectivity index (χ0n) is 12.3. The normalized spacial score (nSPS) is 9.52. The van der Waals surface area contributed by atoms with Gasteiger partial charge in [0, 0.05) is 18.3 Å². The van der Waals surface area contributed by atoms with E-state index in [0.29, 0.717) is 11.4 Å². The van der Waals surface area contributed by atoms with E-state index in [0.717, 1.165) is 11.4 Å². The van der Waals surface area contributed by atoms with Crippen molar-refractivity contribution in [1.29, 1.82) is 0 Å². The molecule has 0 unspecified atom stereocenters. The Bertz CT molecular complexity index is 639. The predicted octanol–water partition coefficient (Wildman–Crippen LogP) is 2.16. The first-order chi connectivity index (χ1) is 9.93. The van der Waals surface area contributed by atoms with Crippen molar-refractivity contribution in [3.05, 3.63) is 59.2 Å². The highest BCUT2D eigenvalue weighted by Gasteiger charge is 2.03. The minimum absolute atomic E-state index is 0.0173. The second-order valence-electron chi connectivity index (χ2n) is 4.47. The van der Waals surface area contributed by atoms with E-state index in [1.807, 2.05) is 19.1 Å². The number of pyridine rings is 2. The lowest BCUT2D eigenvalue weighted by Gasteiger charge is -1.96. The van der Waals surface area contributed by atoms with Crippen LogP contribution in [0, 0.1) is 13.8 Å². The molecule has 2 rings (SSSR count). The summed E-state index contributed by atoms with van der Waals surface area (Å²) in [5.74, 6) is -0.322. The van der Waals surface area contributed by atoms with Crippen molar-refractivity contribution in [2.75, 3.05) is 6.61 Å². The lowest BCUT2D eigenvalue weighted by molar-refractivity contribution is 0.0898. The van der Waals surface area contributed by atoms with Crippen LogP contribution in [0.25, 0.3) is 0 Å². The van der Waals surface area contributed by atoms with Gasteiger partial charge in [-0.3, -0.25) is 14.6 Å². The van der Waals surface area contributed by atoms with Crippen LogP contribution in [0.2, 0.25) is 0 Å². The largest absolute Gasteiger partial charge is 0.388 e. The van der Waals surface area contributed by atoms with Crippen molar-refractivity contribution in [2.45, 2.75) is 20.8 Å². The monoisotopic (exact) mass is 286 g/mol. The summed E-state index contributed by atoms with van der Waals surface area (Å²) in [6, 6.07) is 10.5. The number of ketones is 2. The molecule has 0 aliphatic rings. The van der Waals surface area contributed by atoms with Crippen molar-refractivity contribution in [2.24, 2.45) is 0 Å². The van der Waals surface area contributed by atoms with Gasteiger partial charge in [0.1, 0.15) is 18.0 Å². The molecule has 0 saturated heterocycles. The van der Waals surface area contributed by atoms with Crippen LogP contribution in [-0.4, -0.2) is 33.2 Å². The summed E-state index contributed by atoms with van der Waals surface area (Å²) < 4.78 is 0. The summed E-state index contributed by atoms with van der Waals surface area (Å²) in [4.78, 5) is 29.5. The van der Waals surface area contributed by atoms with Gasteiger partial charge in [0.25, 0.3) is 0 Å². The molecule has 2 heterocycles. The maximum atomic E-state index is 10.9. The van der Waals surface area contributed by atoms with E-state index in [-0.39, 0.29) is 11.6 Å². The van der Waals surface area contributed by atoms with Crippen LogP contribution in [0.1, 0.15) is 39.3 Å². The summed E-state index contributed by atoms with van der Waals surface area (Å²) in [7, 11) is 0. The molecule has 0 amide bonds. The Hall–Kier alpha value is -2.40. The minimum atomic E-state index is -0.476. The molecule has 0 radical (unpaired) electrons. The van der Waals surface area contributed by atoms with E-state index in [9.17, 15) is 9.59 Å². The molecule has 5 heteroatoms. The fraction of sp³-hybridized carbons (Fsp3) is 0.250. The number of aliphatic hydroxyl groups is 1. The van der Waals surface area contributed by atoms with Crippen LogP contribution in [-0.2, 0) is 0 Å². The molecule has 110 valence electrons. The molecule has 1 N–H and O–H groups in total. The van der Waals surface area contributed by atoms with E-state index in [2.05, 4.69) is 9.97 Å². The summed E-state index contributed by atoms with van der Waals surface area (Å²) in [6.45, 7) is 4.71. The number of Topliss-reactive ketones (excluding diaryl/α,β-unsaturated/α-hetero) is 2. The first-order valence-corrected chi connectivity index (χ1v) is 6.46. The van der Waals surface area contributed by atoms with Crippen LogP contribution in [0.4, 0.5) is 0 Å². The Morgan fingerprint density at radius 2 is 1.43 bits per heavy atom. The van der Waals surface area contributed by atoms with Gasteiger partial charge in [-0.1, -0.05) is 12.1 Å². The van der Waals surface area contributed by atoms with Gasteiger partial charge in [-0.05, 0) is 38.1 Å². The van der Waals surface area contributed by atoms with Crippen LogP contribution in [0.3, 0.4) is 0 Å². The van der Waals surface area contributed by atoms with Crippen LogP contribution in [0.5, 0.6) is 0 Å². The molecule has 0 aliphatic carbocycles. The molecule has 2 aromatic heterocycles. The number of aryl methyl sites for hydroxylation is 2. The van der Waals surface area contributed by atoms with E-state index in [4.69, 9.17) is 5.11 Å². The van der Waals surface area contributed by atoms with Gasteiger partial charge in [-0.25, -0.2) is 4.98 Å². The number of carbonyl (C=O) groups excluding carboxylic acids is 2. The second-order valence-corrected chi connectivity index (χ2v) is 4.47. The van der Waals surface area contributed by atoms with E-state index in [1.165, 1.54) is 6.92 Å². The van der Waals surface area contributed by atoms with Crippen LogP contribution < -0.4 is 0 Å². The number of aromatic nitrogens is 2. The average Bonchev–Trinajstić information content (AvgIpc) is 2.47. The highest BCUT2D eigenvalue weighted by atomic mass is 16.3. The number of hydrogen-bond acceptors (Lipinski definition) is 5. The maximum Gasteiger partial charge on any atom is 0.206 e. The van der Waals surface area contributed by atoms with Gasteiger partial charge >= 0.3 is 0 Å². The number of nitrogens with zero attached hydrogens (tertiary/aromatic N) is 2. The molecule has 0 atom stereocenters. The smallest absolute Gasteiger partial charge is 0.206 e. The third-order valence-corrected chi connectivity index (χ3v) is 2.57. The second kappa shape index (κ2) is 8.01. The van der Waals surface area contributed by atoms with Gasteiger partial charge in [0.05, 0.1) is 0 Å². The fourth-order valence-corrected chi connectivity index (χ4v) is 1.52. The van der Waals surface area contributed by atoms with E-state index >= 15 is 0 Å². The first kappa shape index (κ1) is 16.7. The minimum Gasteiger partial charge on any atom is -0.388 e. The topological polar surface area (TPSA) is 80.2 Å². The Morgan fingerprint density at radius 1 is 0.952 bits per heavy atom. The number of aliphatic hydroxyl groups excluding tert-OH is 1. The molecule has 0 saturated carbocycles. The fourth-order valence-electron chi connectivity index (χ4n) is 1.52. The molecular weight excluding hydrogens is 268 g/mol. The van der Waals surface area contributed by atoms with Crippen molar-refractivity contribution < 1.29 is 14.7 Å². The Labute approximate surface area is 123 Å². The molecule has 0 aromatic carbocycles. The summed E-state index contributed by atoms with van der Waals surface area (Å²) >= 11 is 0. The van der Waals surface area contributed by atoms with Gasteiger partial charge in [0.2, 0.25) is 5.78 Å². The highest BCUT2D eigenvalue weighted by molar-refractivity contribution is 5.95. The van der Waals surface area contributed by atoms with Gasteiger partial charge in [-0.2, -0.15) is 0 Å². The van der Waals surface area contributed by atoms with Crippen molar-refractivity contribution in [1.82, 2.24) is 9.97 Å². The van der Waals surface area contributed by atoms with Gasteiger partial charge in [0.15, 0.2) is 5.78 Å². The third-order valence-electron chi connectivity index (χ3n) is 2.57. The van der Waals surface area contributed by atoms with Gasteiger partial charge in [-0.15, -0.1) is 0 Å². The maximum absolute atomic E-state index is 10.9. The van der Waals surface area contributed by atoms with Crippen molar-refractivity contribution in [3.8, 4) is 0 Å². The average molecular weight is 286 g/mol. The quantitative estimate of drug-likeness (QED) is 0.874. The number of hydrogen-bond donors (Lipinski definition) is 1. The molecule has 0 aliphatic heterocycles. The third kappa shape index (κ3) is 5.62. The zero-order chi connectivity index (χ0) is 15.8. The molecule has 0 bridgehead atoms. The Morgan fingerprint density at radius 3 is 1.81 bits per heavy atom. The number of rotatable bonds is 3. The Balaban J connectivity index is 0.000000211. The summed E-state index contributed by atoms with van der Waals surface area (Å²) in [5.41, 5.74) is 2.53. The molecule has 2 aromatic rings. The molecule has 5 nitrogen and oxygen atoms in total. The first-order valence-electron chi connectivity index (χ1n) is 6.46. The molecular formula is C16H18N2O3. The van der Waals surface area contributed by atoms with E-state index < -0.39 is 6.61 Å². The standard InChI is InChI=1S/C8H9NO2.C8H9NO/c1-6-3-2-4-7(9-6)8(11)5-10;1-6-4-3-5-8(9-6)7(2)10/h2-4,10H,5H2,1H3;3-5H,1-2H3. The number of carbonyl (C=O) groups is 2. The molecule has 0 fully saturated rings. The predicted molar refractivity (Wildman–Crippen MR) is 79.4 cm³/mol. The van der Waals surface area contributed by atoms with Crippen molar-refractivity contribution in [3.63, 3.8) is 0 Å². The summed E-state index contributed by atoms with van der Waals surface area (Å²) in [6.07, 6.45) is 0. The van der Waals surface area contributed by atoms with Crippen LogP contribution in [0.15, 0.2) is 36.4 Å². The molecule has 0 spiro atoms. The van der Waals surface area contributed by atoms with Gasteiger partial charge < -0.3 is 5.11 Å². The van der Waals surface area contributed by atoms with Crippen molar-refractivity contribution >= 4 is 11.6 Å². The van der Waals surface area contributed by atoms with E-state index in [1.54, 1.807) is 31.2 Å². The summed E-state index contributed by atoms with van der Waals surface area (Å²) in [5, 5.41) is 8.49. The SMILES string of the molecule is CC(=O)c1cccc(C)n1.Cc1cccc(C(=O)CO)n1. The zero-order valence-corrected chi connectivity index (χ0v) is 12.3. The lowest BCUT2D eigenvalue weighted by atomic mass is 10.2. The Kier molecular flexibility index (Phi) is 6.36.